The Morgan fingerprint density at radius 3 is 2.28 bits per heavy atom. The molecule has 0 spiro atoms. The second-order valence-electron chi connectivity index (χ2n) is 5.53. The molecule has 0 radical (unpaired) electrons. The number of thioether (sulfide) groups is 1. The van der Waals surface area contributed by atoms with E-state index in [9.17, 15) is 9.59 Å². The number of rotatable bonds is 7. The number of hydrogen-bond acceptors (Lipinski definition) is 4. The summed E-state index contributed by atoms with van der Waals surface area (Å²) in [7, 11) is 1.62. The fourth-order valence-electron chi connectivity index (χ4n) is 2.15. The minimum absolute atomic E-state index is 0.0215. The number of benzene rings is 2. The molecule has 2 rings (SSSR count). The van der Waals surface area contributed by atoms with E-state index in [1.54, 1.807) is 7.11 Å². The summed E-state index contributed by atoms with van der Waals surface area (Å²) in [4.78, 5) is 24.2. The third-order valence-electron chi connectivity index (χ3n) is 3.48. The molecule has 2 N–H and O–H groups in total. The Hall–Kier alpha value is -2.47. The van der Waals surface area contributed by atoms with Gasteiger partial charge in [-0.3, -0.25) is 9.59 Å². The lowest BCUT2D eigenvalue weighted by atomic mass is 10.2. The molecule has 1 unspecified atom stereocenters. The Balaban J connectivity index is 1.83. The molecule has 25 heavy (non-hydrogen) atoms. The Morgan fingerprint density at radius 2 is 1.72 bits per heavy atom. The van der Waals surface area contributed by atoms with Crippen LogP contribution in [0.1, 0.15) is 19.4 Å². The van der Waals surface area contributed by atoms with Crippen molar-refractivity contribution in [1.82, 2.24) is 5.32 Å². The molecule has 6 heteroatoms. The van der Waals surface area contributed by atoms with Crippen LogP contribution in [0.2, 0.25) is 0 Å². The third kappa shape index (κ3) is 6.15. The quantitative estimate of drug-likeness (QED) is 0.744. The summed E-state index contributed by atoms with van der Waals surface area (Å²) < 4.78 is 5.12. The van der Waals surface area contributed by atoms with Crippen molar-refractivity contribution >= 4 is 29.3 Å². The highest BCUT2D eigenvalue weighted by atomic mass is 32.2. The highest BCUT2D eigenvalue weighted by Crippen LogP contribution is 2.25. The fraction of sp³-hybridized carbons (Fsp3) is 0.263. The number of ether oxygens (including phenoxy) is 1. The van der Waals surface area contributed by atoms with Gasteiger partial charge in [0, 0.05) is 24.1 Å². The van der Waals surface area contributed by atoms with Gasteiger partial charge in [0.2, 0.25) is 11.8 Å². The van der Waals surface area contributed by atoms with Gasteiger partial charge < -0.3 is 15.4 Å². The van der Waals surface area contributed by atoms with Gasteiger partial charge in [-0.15, -0.1) is 11.8 Å². The largest absolute Gasteiger partial charge is 0.497 e. The van der Waals surface area contributed by atoms with E-state index in [-0.39, 0.29) is 17.1 Å². The standard InChI is InChI=1S/C19H22N2O3S/c1-13(25-18-10-6-16(7-11-18)21-14(2)22)19(23)20-12-15-4-8-17(24-3)9-5-15/h4-11,13H,12H2,1-3H3,(H,20,23)(H,21,22). The van der Waals surface area contributed by atoms with Crippen molar-refractivity contribution in [3.63, 3.8) is 0 Å². The zero-order valence-electron chi connectivity index (χ0n) is 14.5. The van der Waals surface area contributed by atoms with E-state index >= 15 is 0 Å². The number of amides is 2. The molecular weight excluding hydrogens is 336 g/mol. The second kappa shape index (κ2) is 9.13. The molecule has 0 bridgehead atoms. The van der Waals surface area contributed by atoms with Crippen molar-refractivity contribution in [3.05, 3.63) is 54.1 Å². The summed E-state index contributed by atoms with van der Waals surface area (Å²) in [6, 6.07) is 15.0. The maximum atomic E-state index is 12.2. The maximum Gasteiger partial charge on any atom is 0.233 e. The Bertz CT molecular complexity index is 714. The van der Waals surface area contributed by atoms with Gasteiger partial charge in [-0.2, -0.15) is 0 Å². The predicted octanol–water partition coefficient (Wildman–Crippen LogP) is 3.45. The summed E-state index contributed by atoms with van der Waals surface area (Å²) in [6.45, 7) is 3.82. The van der Waals surface area contributed by atoms with Crippen LogP contribution >= 0.6 is 11.8 Å². The van der Waals surface area contributed by atoms with Crippen LogP contribution in [0.15, 0.2) is 53.4 Å². The van der Waals surface area contributed by atoms with Gasteiger partial charge in [0.15, 0.2) is 0 Å². The zero-order chi connectivity index (χ0) is 18.2. The average molecular weight is 358 g/mol. The lowest BCUT2D eigenvalue weighted by molar-refractivity contribution is -0.120. The molecule has 0 aliphatic heterocycles. The first kappa shape index (κ1) is 18.9. The van der Waals surface area contributed by atoms with Gasteiger partial charge in [0.1, 0.15) is 5.75 Å². The molecule has 0 saturated carbocycles. The van der Waals surface area contributed by atoms with Gasteiger partial charge in [-0.05, 0) is 48.9 Å². The molecule has 2 aromatic carbocycles. The number of anilines is 1. The second-order valence-corrected chi connectivity index (χ2v) is 6.95. The maximum absolute atomic E-state index is 12.2. The van der Waals surface area contributed by atoms with Crippen molar-refractivity contribution < 1.29 is 14.3 Å². The molecule has 1 atom stereocenters. The minimum atomic E-state index is -0.218. The number of carbonyl (C=O) groups excluding carboxylic acids is 2. The third-order valence-corrected chi connectivity index (χ3v) is 4.59. The number of nitrogens with one attached hydrogen (secondary N) is 2. The molecule has 0 heterocycles. The van der Waals surface area contributed by atoms with Crippen LogP contribution in [-0.4, -0.2) is 24.2 Å². The van der Waals surface area contributed by atoms with E-state index in [0.29, 0.717) is 6.54 Å². The first-order valence-electron chi connectivity index (χ1n) is 7.93. The molecule has 5 nitrogen and oxygen atoms in total. The molecule has 0 fully saturated rings. The Kier molecular flexibility index (Phi) is 6.89. The molecule has 0 aliphatic rings. The minimum Gasteiger partial charge on any atom is -0.497 e. The Morgan fingerprint density at radius 1 is 1.08 bits per heavy atom. The van der Waals surface area contributed by atoms with Crippen molar-refractivity contribution in [3.8, 4) is 5.75 Å². The number of methoxy groups -OCH3 is 1. The monoisotopic (exact) mass is 358 g/mol. The molecule has 0 aliphatic carbocycles. The van der Waals surface area contributed by atoms with E-state index in [0.717, 1.165) is 21.9 Å². The summed E-state index contributed by atoms with van der Waals surface area (Å²) in [5.74, 6) is 0.667. The molecule has 132 valence electrons. The highest BCUT2D eigenvalue weighted by Gasteiger charge is 2.14. The number of carbonyl (C=O) groups is 2. The fourth-order valence-corrected chi connectivity index (χ4v) is 3.05. The SMILES string of the molecule is COc1ccc(CNC(=O)C(C)Sc2ccc(NC(C)=O)cc2)cc1. The van der Waals surface area contributed by atoms with E-state index < -0.39 is 0 Å². The van der Waals surface area contributed by atoms with Gasteiger partial charge >= 0.3 is 0 Å². The van der Waals surface area contributed by atoms with Gasteiger partial charge in [-0.1, -0.05) is 12.1 Å². The van der Waals surface area contributed by atoms with Crippen LogP contribution in [-0.2, 0) is 16.1 Å². The summed E-state index contributed by atoms with van der Waals surface area (Å²) in [5, 5.41) is 5.44. The first-order chi connectivity index (χ1) is 12.0. The van der Waals surface area contributed by atoms with Crippen molar-refractivity contribution in [2.24, 2.45) is 0 Å². The molecule has 0 aromatic heterocycles. The van der Waals surface area contributed by atoms with Crippen molar-refractivity contribution in [2.45, 2.75) is 30.5 Å². The lowest BCUT2D eigenvalue weighted by Crippen LogP contribution is -2.30. The van der Waals surface area contributed by atoms with Crippen molar-refractivity contribution in [2.75, 3.05) is 12.4 Å². The zero-order valence-corrected chi connectivity index (χ0v) is 15.4. The normalized spacial score (nSPS) is 11.5. The van der Waals surface area contributed by atoms with Gasteiger partial charge in [0.25, 0.3) is 0 Å². The molecule has 2 aromatic rings. The van der Waals surface area contributed by atoms with Crippen LogP contribution in [0, 0.1) is 0 Å². The lowest BCUT2D eigenvalue weighted by Gasteiger charge is -2.13. The smallest absolute Gasteiger partial charge is 0.233 e. The summed E-state index contributed by atoms with van der Waals surface area (Å²) in [6.07, 6.45) is 0. The van der Waals surface area contributed by atoms with Crippen LogP contribution in [0.25, 0.3) is 0 Å². The summed E-state index contributed by atoms with van der Waals surface area (Å²) >= 11 is 1.48. The summed E-state index contributed by atoms with van der Waals surface area (Å²) in [5.41, 5.74) is 1.76. The van der Waals surface area contributed by atoms with Crippen LogP contribution in [0.4, 0.5) is 5.69 Å². The highest BCUT2D eigenvalue weighted by molar-refractivity contribution is 8.00. The molecular formula is C19H22N2O3S. The van der Waals surface area contributed by atoms with Crippen LogP contribution in [0.5, 0.6) is 5.75 Å². The van der Waals surface area contributed by atoms with E-state index in [2.05, 4.69) is 10.6 Å². The Labute approximate surface area is 152 Å². The molecule has 2 amide bonds. The van der Waals surface area contributed by atoms with E-state index in [4.69, 9.17) is 4.74 Å². The van der Waals surface area contributed by atoms with Crippen LogP contribution < -0.4 is 15.4 Å². The van der Waals surface area contributed by atoms with Crippen LogP contribution in [0.3, 0.4) is 0 Å². The van der Waals surface area contributed by atoms with Gasteiger partial charge in [0.05, 0.1) is 12.4 Å². The van der Waals surface area contributed by atoms with Gasteiger partial charge in [-0.25, -0.2) is 0 Å². The predicted molar refractivity (Wildman–Crippen MR) is 101 cm³/mol. The average Bonchev–Trinajstić information content (AvgIpc) is 2.61. The topological polar surface area (TPSA) is 67.4 Å². The van der Waals surface area contributed by atoms with E-state index in [1.807, 2.05) is 55.5 Å². The molecule has 0 saturated heterocycles. The first-order valence-corrected chi connectivity index (χ1v) is 8.81. The number of hydrogen-bond donors (Lipinski definition) is 2. The van der Waals surface area contributed by atoms with Crippen molar-refractivity contribution in [1.29, 1.82) is 0 Å². The van der Waals surface area contributed by atoms with E-state index in [1.165, 1.54) is 18.7 Å².